The Labute approximate surface area is 86.4 Å². The van der Waals surface area contributed by atoms with Gasteiger partial charge in [-0.1, -0.05) is 5.16 Å². The van der Waals surface area contributed by atoms with E-state index in [-0.39, 0.29) is 5.56 Å². The number of nitrogens with zero attached hydrogens (tertiary/aromatic N) is 1. The molecule has 0 saturated heterocycles. The first kappa shape index (κ1) is 11.2. The van der Waals surface area contributed by atoms with E-state index in [1.54, 1.807) is 13.8 Å². The summed E-state index contributed by atoms with van der Waals surface area (Å²) in [7, 11) is 0. The SMILES string of the molecule is Cc1noc(C)c1C(=O)O[C@@H](C)C(N)=O. The van der Waals surface area contributed by atoms with Gasteiger partial charge >= 0.3 is 5.97 Å². The van der Waals surface area contributed by atoms with E-state index in [4.69, 9.17) is 15.0 Å². The molecule has 1 heterocycles. The minimum absolute atomic E-state index is 0.239. The van der Waals surface area contributed by atoms with E-state index in [9.17, 15) is 9.59 Å². The van der Waals surface area contributed by atoms with Gasteiger partial charge in [0.1, 0.15) is 11.3 Å². The van der Waals surface area contributed by atoms with Crippen LogP contribution in [0.15, 0.2) is 4.52 Å². The zero-order valence-electron chi connectivity index (χ0n) is 8.73. The van der Waals surface area contributed by atoms with E-state index in [0.717, 1.165) is 0 Å². The maximum absolute atomic E-state index is 11.5. The number of hydrogen-bond donors (Lipinski definition) is 1. The van der Waals surface area contributed by atoms with Crippen LogP contribution in [0.3, 0.4) is 0 Å². The lowest BCUT2D eigenvalue weighted by atomic mass is 10.2. The van der Waals surface area contributed by atoms with Crippen molar-refractivity contribution in [3.05, 3.63) is 17.0 Å². The molecule has 1 atom stereocenters. The Morgan fingerprint density at radius 3 is 2.47 bits per heavy atom. The van der Waals surface area contributed by atoms with Gasteiger partial charge in [-0.3, -0.25) is 4.79 Å². The zero-order valence-corrected chi connectivity index (χ0v) is 8.73. The maximum atomic E-state index is 11.5. The fourth-order valence-electron chi connectivity index (χ4n) is 1.05. The van der Waals surface area contributed by atoms with E-state index in [1.165, 1.54) is 6.92 Å². The zero-order chi connectivity index (χ0) is 11.6. The normalized spacial score (nSPS) is 12.2. The van der Waals surface area contributed by atoms with Crippen molar-refractivity contribution in [2.45, 2.75) is 26.9 Å². The molecule has 0 aliphatic heterocycles. The molecule has 0 spiro atoms. The molecule has 2 N–H and O–H groups in total. The van der Waals surface area contributed by atoms with Gasteiger partial charge in [0.15, 0.2) is 6.10 Å². The molecule has 15 heavy (non-hydrogen) atoms. The number of aromatic nitrogens is 1. The van der Waals surface area contributed by atoms with Crippen molar-refractivity contribution in [2.75, 3.05) is 0 Å². The number of carbonyl (C=O) groups is 2. The molecule has 82 valence electrons. The summed E-state index contributed by atoms with van der Waals surface area (Å²) in [6.07, 6.45) is -0.966. The molecule has 1 aromatic heterocycles. The number of aryl methyl sites for hydroxylation is 2. The number of rotatable bonds is 3. The Bertz CT molecular complexity index is 377. The molecule has 0 aliphatic rings. The summed E-state index contributed by atoms with van der Waals surface area (Å²) in [5.74, 6) is -0.998. The van der Waals surface area contributed by atoms with Crippen molar-refractivity contribution >= 4 is 11.9 Å². The van der Waals surface area contributed by atoms with Gasteiger partial charge in [0.05, 0.1) is 5.69 Å². The maximum Gasteiger partial charge on any atom is 0.344 e. The Kier molecular flexibility index (Phi) is 3.08. The lowest BCUT2D eigenvalue weighted by Gasteiger charge is -2.08. The molecule has 0 bridgehead atoms. The molecular formula is C9H12N2O4. The smallest absolute Gasteiger partial charge is 0.344 e. The monoisotopic (exact) mass is 212 g/mol. The summed E-state index contributed by atoms with van der Waals surface area (Å²) in [5.41, 5.74) is 5.62. The van der Waals surface area contributed by atoms with Crippen LogP contribution in [0.4, 0.5) is 0 Å². The van der Waals surface area contributed by atoms with Crippen molar-refractivity contribution in [2.24, 2.45) is 5.73 Å². The number of primary amides is 1. The fourth-order valence-corrected chi connectivity index (χ4v) is 1.05. The third-order valence-electron chi connectivity index (χ3n) is 1.92. The Morgan fingerprint density at radius 2 is 2.07 bits per heavy atom. The highest BCUT2D eigenvalue weighted by Gasteiger charge is 2.22. The van der Waals surface area contributed by atoms with Crippen molar-refractivity contribution in [1.29, 1.82) is 0 Å². The molecule has 0 aromatic carbocycles. The van der Waals surface area contributed by atoms with Crippen molar-refractivity contribution in [3.63, 3.8) is 0 Å². The van der Waals surface area contributed by atoms with E-state index < -0.39 is 18.0 Å². The molecule has 0 unspecified atom stereocenters. The Balaban J connectivity index is 2.82. The third kappa shape index (κ3) is 2.34. The van der Waals surface area contributed by atoms with Crippen LogP contribution in [0.2, 0.25) is 0 Å². The molecule has 0 saturated carbocycles. The number of amides is 1. The van der Waals surface area contributed by atoms with Gasteiger partial charge in [0, 0.05) is 0 Å². The molecule has 0 fully saturated rings. The van der Waals surface area contributed by atoms with Crippen LogP contribution < -0.4 is 5.73 Å². The van der Waals surface area contributed by atoms with Crippen LogP contribution in [-0.2, 0) is 9.53 Å². The number of esters is 1. The van der Waals surface area contributed by atoms with E-state index in [1.807, 2.05) is 0 Å². The van der Waals surface area contributed by atoms with Crippen LogP contribution >= 0.6 is 0 Å². The standard InChI is InChI=1S/C9H12N2O4/c1-4-7(5(2)15-11-4)9(13)14-6(3)8(10)12/h6H,1-3H3,(H2,10,12)/t6-/m0/s1. The third-order valence-corrected chi connectivity index (χ3v) is 1.92. The summed E-state index contributed by atoms with van der Waals surface area (Å²) in [5, 5.41) is 3.60. The van der Waals surface area contributed by atoms with Crippen LogP contribution in [0, 0.1) is 13.8 Å². The second kappa shape index (κ2) is 4.12. The number of hydrogen-bond acceptors (Lipinski definition) is 5. The topological polar surface area (TPSA) is 95.4 Å². The van der Waals surface area contributed by atoms with Crippen molar-refractivity contribution < 1.29 is 18.8 Å². The highest BCUT2D eigenvalue weighted by molar-refractivity contribution is 5.93. The van der Waals surface area contributed by atoms with E-state index in [2.05, 4.69) is 5.16 Å². The average molecular weight is 212 g/mol. The molecule has 6 heteroatoms. The first-order valence-corrected chi connectivity index (χ1v) is 4.36. The molecule has 1 aromatic rings. The van der Waals surface area contributed by atoms with Gasteiger partial charge < -0.3 is 15.0 Å². The summed E-state index contributed by atoms with van der Waals surface area (Å²) >= 11 is 0. The Hall–Kier alpha value is -1.85. The van der Waals surface area contributed by atoms with Gasteiger partial charge in [-0.15, -0.1) is 0 Å². The van der Waals surface area contributed by atoms with Gasteiger partial charge in [0.2, 0.25) is 0 Å². The second-order valence-electron chi connectivity index (χ2n) is 3.15. The van der Waals surface area contributed by atoms with E-state index >= 15 is 0 Å². The largest absolute Gasteiger partial charge is 0.449 e. The van der Waals surface area contributed by atoms with Gasteiger partial charge in [-0.05, 0) is 20.8 Å². The highest BCUT2D eigenvalue weighted by Crippen LogP contribution is 2.14. The predicted molar refractivity (Wildman–Crippen MR) is 50.0 cm³/mol. The summed E-state index contributed by atoms with van der Waals surface area (Å²) in [6, 6.07) is 0. The fraction of sp³-hybridized carbons (Fsp3) is 0.444. The molecule has 1 rings (SSSR count). The first-order chi connectivity index (χ1) is 6.93. The van der Waals surface area contributed by atoms with Crippen LogP contribution in [0.25, 0.3) is 0 Å². The minimum Gasteiger partial charge on any atom is -0.449 e. The lowest BCUT2D eigenvalue weighted by Crippen LogP contribution is -2.30. The summed E-state index contributed by atoms with van der Waals surface area (Å²) < 4.78 is 9.60. The number of ether oxygens (including phenoxy) is 1. The van der Waals surface area contributed by atoms with Gasteiger partial charge in [-0.25, -0.2) is 4.79 Å². The number of nitrogens with two attached hydrogens (primary N) is 1. The Morgan fingerprint density at radius 1 is 1.47 bits per heavy atom. The molecule has 0 radical (unpaired) electrons. The van der Waals surface area contributed by atoms with Gasteiger partial charge in [0.25, 0.3) is 5.91 Å². The summed E-state index contributed by atoms with van der Waals surface area (Å²) in [6.45, 7) is 4.60. The molecular weight excluding hydrogens is 200 g/mol. The van der Waals surface area contributed by atoms with Crippen LogP contribution in [0.5, 0.6) is 0 Å². The van der Waals surface area contributed by atoms with Crippen molar-refractivity contribution in [1.82, 2.24) is 5.16 Å². The first-order valence-electron chi connectivity index (χ1n) is 4.36. The second-order valence-corrected chi connectivity index (χ2v) is 3.15. The quantitative estimate of drug-likeness (QED) is 0.728. The molecule has 6 nitrogen and oxygen atoms in total. The minimum atomic E-state index is -0.966. The summed E-state index contributed by atoms with van der Waals surface area (Å²) in [4.78, 5) is 22.2. The van der Waals surface area contributed by atoms with Crippen molar-refractivity contribution in [3.8, 4) is 0 Å². The predicted octanol–water partition coefficient (Wildman–Crippen LogP) is 0.322. The molecule has 0 aliphatic carbocycles. The van der Waals surface area contributed by atoms with Crippen LogP contribution in [0.1, 0.15) is 28.7 Å². The highest BCUT2D eigenvalue weighted by atomic mass is 16.5. The average Bonchev–Trinajstić information content (AvgIpc) is 2.45. The lowest BCUT2D eigenvalue weighted by molar-refractivity contribution is -0.125. The van der Waals surface area contributed by atoms with Crippen LogP contribution in [-0.4, -0.2) is 23.1 Å². The molecule has 1 amide bonds. The van der Waals surface area contributed by atoms with E-state index in [0.29, 0.717) is 11.5 Å². The van der Waals surface area contributed by atoms with Gasteiger partial charge in [-0.2, -0.15) is 0 Å². The number of carbonyl (C=O) groups excluding carboxylic acids is 2.